The lowest BCUT2D eigenvalue weighted by Crippen LogP contribution is -1.86. The Morgan fingerprint density at radius 3 is 2.57 bits per heavy atom. The van der Waals surface area contributed by atoms with Crippen molar-refractivity contribution in [1.29, 1.82) is 0 Å². The standard InChI is InChI=1S/C9H9FN2.C2H6/c1-6-3-7(10)9-8(4-6)12(2)5-11-9;1-2/h3-5H,1-2H3;1-2H3. The van der Waals surface area contributed by atoms with E-state index in [4.69, 9.17) is 0 Å². The third kappa shape index (κ3) is 1.76. The highest BCUT2D eigenvalue weighted by molar-refractivity contribution is 5.76. The normalized spacial score (nSPS) is 9.79. The molecule has 3 heteroatoms. The van der Waals surface area contributed by atoms with Crippen LogP contribution in [0, 0.1) is 12.7 Å². The Hall–Kier alpha value is -1.38. The highest BCUT2D eigenvalue weighted by atomic mass is 19.1. The molecule has 0 saturated heterocycles. The molecule has 0 aliphatic heterocycles. The molecule has 0 aliphatic carbocycles. The third-order valence-corrected chi connectivity index (χ3v) is 1.93. The van der Waals surface area contributed by atoms with Crippen LogP contribution >= 0.6 is 0 Å². The van der Waals surface area contributed by atoms with Crippen LogP contribution in [-0.2, 0) is 7.05 Å². The summed E-state index contributed by atoms with van der Waals surface area (Å²) in [6.07, 6.45) is 1.62. The smallest absolute Gasteiger partial charge is 0.151 e. The van der Waals surface area contributed by atoms with E-state index in [2.05, 4.69) is 4.98 Å². The maximum atomic E-state index is 13.2. The van der Waals surface area contributed by atoms with Gasteiger partial charge in [0.1, 0.15) is 5.52 Å². The summed E-state index contributed by atoms with van der Waals surface area (Å²) in [5, 5.41) is 0. The van der Waals surface area contributed by atoms with E-state index in [-0.39, 0.29) is 5.82 Å². The van der Waals surface area contributed by atoms with E-state index >= 15 is 0 Å². The molecule has 2 aromatic rings. The molecule has 2 nitrogen and oxygen atoms in total. The fraction of sp³-hybridized carbons (Fsp3) is 0.364. The SMILES string of the molecule is CC.Cc1cc(F)c2ncn(C)c2c1. The Balaban J connectivity index is 0.000000461. The number of fused-ring (bicyclic) bond motifs is 1. The molecule has 2 rings (SSSR count). The number of imidazole rings is 1. The quantitative estimate of drug-likeness (QED) is 0.630. The van der Waals surface area contributed by atoms with E-state index in [1.807, 2.05) is 38.5 Å². The number of nitrogens with zero attached hydrogens (tertiary/aromatic N) is 2. The molecule has 0 spiro atoms. The van der Waals surface area contributed by atoms with Crippen LogP contribution < -0.4 is 0 Å². The van der Waals surface area contributed by atoms with Crippen LogP contribution in [0.15, 0.2) is 18.5 Å². The molecular formula is C11H15FN2. The second kappa shape index (κ2) is 4.22. The van der Waals surface area contributed by atoms with E-state index in [1.165, 1.54) is 6.07 Å². The lowest BCUT2D eigenvalue weighted by Gasteiger charge is -1.96. The number of rotatable bonds is 0. The predicted octanol–water partition coefficient (Wildman–Crippen LogP) is 3.05. The second-order valence-electron chi connectivity index (χ2n) is 2.97. The van der Waals surface area contributed by atoms with Crippen molar-refractivity contribution in [1.82, 2.24) is 9.55 Å². The summed E-state index contributed by atoms with van der Waals surface area (Å²) < 4.78 is 15.0. The van der Waals surface area contributed by atoms with E-state index in [0.717, 1.165) is 11.1 Å². The van der Waals surface area contributed by atoms with Gasteiger partial charge in [-0.2, -0.15) is 0 Å². The summed E-state index contributed by atoms with van der Waals surface area (Å²) in [6, 6.07) is 3.42. The van der Waals surface area contributed by atoms with Crippen LogP contribution in [0.3, 0.4) is 0 Å². The fourth-order valence-corrected chi connectivity index (χ4v) is 1.32. The summed E-state index contributed by atoms with van der Waals surface area (Å²) in [7, 11) is 1.86. The first-order valence-electron chi connectivity index (χ1n) is 4.75. The molecule has 1 aromatic heterocycles. The average Bonchev–Trinajstić information content (AvgIpc) is 2.52. The Morgan fingerprint density at radius 1 is 1.29 bits per heavy atom. The topological polar surface area (TPSA) is 17.8 Å². The lowest BCUT2D eigenvalue weighted by molar-refractivity contribution is 0.636. The van der Waals surface area contributed by atoms with Crippen molar-refractivity contribution in [2.45, 2.75) is 20.8 Å². The molecule has 0 fully saturated rings. The summed E-state index contributed by atoms with van der Waals surface area (Å²) >= 11 is 0. The summed E-state index contributed by atoms with van der Waals surface area (Å²) in [5.74, 6) is -0.245. The minimum Gasteiger partial charge on any atom is -0.334 e. The second-order valence-corrected chi connectivity index (χ2v) is 2.97. The van der Waals surface area contributed by atoms with Crippen molar-refractivity contribution in [3.8, 4) is 0 Å². The summed E-state index contributed by atoms with van der Waals surface area (Å²) in [5.41, 5.74) is 2.21. The van der Waals surface area contributed by atoms with Gasteiger partial charge in [-0.05, 0) is 24.6 Å². The molecule has 0 radical (unpaired) electrons. The van der Waals surface area contributed by atoms with Crippen molar-refractivity contribution in [2.75, 3.05) is 0 Å². The first-order chi connectivity index (χ1) is 6.68. The van der Waals surface area contributed by atoms with Crippen molar-refractivity contribution in [2.24, 2.45) is 7.05 Å². The van der Waals surface area contributed by atoms with Crippen molar-refractivity contribution >= 4 is 11.0 Å². The van der Waals surface area contributed by atoms with Gasteiger partial charge in [0.15, 0.2) is 5.82 Å². The highest BCUT2D eigenvalue weighted by Gasteiger charge is 2.05. The minimum atomic E-state index is -0.245. The Bertz CT molecular complexity index is 432. The van der Waals surface area contributed by atoms with Crippen molar-refractivity contribution in [3.05, 3.63) is 29.8 Å². The molecule has 0 amide bonds. The number of benzene rings is 1. The van der Waals surface area contributed by atoms with Gasteiger partial charge < -0.3 is 4.57 Å². The van der Waals surface area contributed by atoms with Crippen molar-refractivity contribution < 1.29 is 4.39 Å². The van der Waals surface area contributed by atoms with Crippen LogP contribution in [0.4, 0.5) is 4.39 Å². The molecule has 0 N–H and O–H groups in total. The first-order valence-corrected chi connectivity index (χ1v) is 4.75. The van der Waals surface area contributed by atoms with Gasteiger partial charge in [0.25, 0.3) is 0 Å². The number of hydrogen-bond acceptors (Lipinski definition) is 1. The highest BCUT2D eigenvalue weighted by Crippen LogP contribution is 2.17. The largest absolute Gasteiger partial charge is 0.334 e. The average molecular weight is 194 g/mol. The van der Waals surface area contributed by atoms with Gasteiger partial charge in [-0.15, -0.1) is 0 Å². The van der Waals surface area contributed by atoms with Gasteiger partial charge in [0, 0.05) is 7.05 Å². The fourth-order valence-electron chi connectivity index (χ4n) is 1.32. The van der Waals surface area contributed by atoms with E-state index in [9.17, 15) is 4.39 Å². The maximum absolute atomic E-state index is 13.2. The first kappa shape index (κ1) is 10.7. The van der Waals surface area contributed by atoms with Gasteiger partial charge in [-0.25, -0.2) is 9.37 Å². The van der Waals surface area contributed by atoms with Gasteiger partial charge >= 0.3 is 0 Å². The zero-order valence-electron chi connectivity index (χ0n) is 9.00. The van der Waals surface area contributed by atoms with Crippen LogP contribution in [0.25, 0.3) is 11.0 Å². The van der Waals surface area contributed by atoms with Crippen LogP contribution in [0.2, 0.25) is 0 Å². The van der Waals surface area contributed by atoms with Crippen LogP contribution in [0.1, 0.15) is 19.4 Å². The lowest BCUT2D eigenvalue weighted by atomic mass is 10.2. The van der Waals surface area contributed by atoms with Gasteiger partial charge in [0.05, 0.1) is 11.8 Å². The van der Waals surface area contributed by atoms with Crippen molar-refractivity contribution in [3.63, 3.8) is 0 Å². The maximum Gasteiger partial charge on any atom is 0.151 e. The Labute approximate surface area is 83.4 Å². The molecule has 0 unspecified atom stereocenters. The molecule has 1 heterocycles. The summed E-state index contributed by atoms with van der Waals surface area (Å²) in [6.45, 7) is 5.87. The molecule has 14 heavy (non-hydrogen) atoms. The molecule has 0 saturated carbocycles. The number of hydrogen-bond donors (Lipinski definition) is 0. The van der Waals surface area contributed by atoms with Gasteiger partial charge in [-0.3, -0.25) is 0 Å². The molecule has 0 atom stereocenters. The molecule has 76 valence electrons. The van der Waals surface area contributed by atoms with Crippen LogP contribution in [-0.4, -0.2) is 9.55 Å². The molecule has 0 bridgehead atoms. The minimum absolute atomic E-state index is 0.245. The zero-order chi connectivity index (χ0) is 10.7. The molecular weight excluding hydrogens is 179 g/mol. The predicted molar refractivity (Wildman–Crippen MR) is 56.8 cm³/mol. The van der Waals surface area contributed by atoms with Gasteiger partial charge in [-0.1, -0.05) is 13.8 Å². The number of halogens is 1. The summed E-state index contributed by atoms with van der Waals surface area (Å²) in [4.78, 5) is 3.95. The third-order valence-electron chi connectivity index (χ3n) is 1.93. The monoisotopic (exact) mass is 194 g/mol. The van der Waals surface area contributed by atoms with E-state index < -0.39 is 0 Å². The number of aromatic nitrogens is 2. The van der Waals surface area contributed by atoms with Gasteiger partial charge in [0.2, 0.25) is 0 Å². The molecule has 0 aliphatic rings. The number of aryl methyl sites for hydroxylation is 2. The van der Waals surface area contributed by atoms with Crippen LogP contribution in [0.5, 0.6) is 0 Å². The van der Waals surface area contributed by atoms with E-state index in [1.54, 1.807) is 6.33 Å². The Kier molecular flexibility index (Phi) is 3.23. The Morgan fingerprint density at radius 2 is 1.93 bits per heavy atom. The zero-order valence-corrected chi connectivity index (χ0v) is 9.00. The molecule has 1 aromatic carbocycles. The van der Waals surface area contributed by atoms with E-state index in [0.29, 0.717) is 5.52 Å².